The van der Waals surface area contributed by atoms with Crippen LogP contribution in [0.3, 0.4) is 0 Å². The van der Waals surface area contributed by atoms with E-state index in [0.717, 1.165) is 0 Å². The van der Waals surface area contributed by atoms with Gasteiger partial charge in [0.2, 0.25) is 0 Å². The lowest BCUT2D eigenvalue weighted by atomic mass is 10.2. The number of ether oxygens (including phenoxy) is 1. The molecule has 15 heavy (non-hydrogen) atoms. The Hall–Kier alpha value is -1.26. The van der Waals surface area contributed by atoms with E-state index in [2.05, 4.69) is 4.99 Å². The number of nitrogens with zero attached hydrogens (tertiary/aromatic N) is 2. The largest absolute Gasteiger partial charge is 0.444 e. The number of hydrogen-bond donors (Lipinski definition) is 1. The van der Waals surface area contributed by atoms with Gasteiger partial charge in [-0.3, -0.25) is 4.99 Å². The molecule has 5 heteroatoms. The molecule has 0 bridgehead atoms. The summed E-state index contributed by atoms with van der Waals surface area (Å²) in [4.78, 5) is 17.4. The van der Waals surface area contributed by atoms with Crippen molar-refractivity contribution in [1.29, 1.82) is 0 Å². The third-order valence-electron chi connectivity index (χ3n) is 1.97. The van der Waals surface area contributed by atoms with Gasteiger partial charge in [-0.1, -0.05) is 0 Å². The Kier molecular flexibility index (Phi) is 3.55. The minimum Gasteiger partial charge on any atom is -0.444 e. The second-order valence-electron chi connectivity index (χ2n) is 4.59. The number of amides is 1. The van der Waals surface area contributed by atoms with E-state index >= 15 is 0 Å². The van der Waals surface area contributed by atoms with Gasteiger partial charge in [0.25, 0.3) is 0 Å². The van der Waals surface area contributed by atoms with Crippen LogP contribution in [-0.2, 0) is 4.74 Å². The van der Waals surface area contributed by atoms with E-state index in [1.54, 1.807) is 4.90 Å². The highest BCUT2D eigenvalue weighted by molar-refractivity contribution is 5.81. The highest BCUT2D eigenvalue weighted by Crippen LogP contribution is 2.10. The van der Waals surface area contributed by atoms with Crippen molar-refractivity contribution in [3.05, 3.63) is 0 Å². The van der Waals surface area contributed by atoms with Crippen molar-refractivity contribution >= 4 is 11.9 Å². The van der Waals surface area contributed by atoms with Crippen molar-refractivity contribution in [2.24, 2.45) is 10.7 Å². The predicted octanol–water partition coefficient (Wildman–Crippen LogP) is 0.984. The molecule has 1 aliphatic heterocycles. The zero-order valence-electron chi connectivity index (χ0n) is 9.62. The number of nitrogens with two attached hydrogens (primary N) is 1. The van der Waals surface area contributed by atoms with Gasteiger partial charge >= 0.3 is 6.09 Å². The lowest BCUT2D eigenvalue weighted by molar-refractivity contribution is 0.0264. The van der Waals surface area contributed by atoms with Gasteiger partial charge in [-0.25, -0.2) is 4.79 Å². The maximum Gasteiger partial charge on any atom is 0.410 e. The molecule has 0 fully saturated rings. The molecule has 0 radical (unpaired) electrons. The summed E-state index contributed by atoms with van der Waals surface area (Å²) in [5, 5.41) is 0. The highest BCUT2D eigenvalue weighted by Gasteiger charge is 2.22. The maximum absolute atomic E-state index is 11.7. The molecule has 0 spiro atoms. The average molecular weight is 213 g/mol. The standard InChI is InChI=1S/C10H19N3O2/c1-10(2,3)15-9(14)13-6-4-8(11)12-5-7-13/h4-7H2,1-3H3,(H2,11,12). The van der Waals surface area contributed by atoms with Crippen LogP contribution in [-0.4, -0.2) is 42.1 Å². The van der Waals surface area contributed by atoms with Crippen LogP contribution in [0.25, 0.3) is 0 Å². The molecule has 1 amide bonds. The van der Waals surface area contributed by atoms with Gasteiger partial charge < -0.3 is 15.4 Å². The van der Waals surface area contributed by atoms with Crippen LogP contribution in [0.1, 0.15) is 27.2 Å². The minimum atomic E-state index is -0.449. The number of rotatable bonds is 0. The SMILES string of the molecule is CC(C)(C)OC(=O)N1CCN=C(N)CC1. The monoisotopic (exact) mass is 213 g/mol. The summed E-state index contributed by atoms with van der Waals surface area (Å²) in [5.41, 5.74) is 5.15. The fraction of sp³-hybridized carbons (Fsp3) is 0.800. The third kappa shape index (κ3) is 4.18. The van der Waals surface area contributed by atoms with Crippen LogP contribution in [0.15, 0.2) is 4.99 Å². The first-order valence-electron chi connectivity index (χ1n) is 5.15. The van der Waals surface area contributed by atoms with Gasteiger partial charge in [0.15, 0.2) is 0 Å². The Morgan fingerprint density at radius 3 is 2.73 bits per heavy atom. The molecule has 86 valence electrons. The highest BCUT2D eigenvalue weighted by atomic mass is 16.6. The van der Waals surface area contributed by atoms with Gasteiger partial charge in [-0.15, -0.1) is 0 Å². The van der Waals surface area contributed by atoms with Gasteiger partial charge in [0, 0.05) is 19.5 Å². The van der Waals surface area contributed by atoms with E-state index in [-0.39, 0.29) is 6.09 Å². The molecule has 5 nitrogen and oxygen atoms in total. The fourth-order valence-electron chi connectivity index (χ4n) is 1.26. The Morgan fingerprint density at radius 1 is 1.47 bits per heavy atom. The summed E-state index contributed by atoms with van der Waals surface area (Å²) in [6.45, 7) is 7.29. The topological polar surface area (TPSA) is 67.9 Å². The van der Waals surface area contributed by atoms with E-state index in [0.29, 0.717) is 31.9 Å². The van der Waals surface area contributed by atoms with Crippen LogP contribution >= 0.6 is 0 Å². The van der Waals surface area contributed by atoms with Gasteiger partial charge in [-0.05, 0) is 20.8 Å². The molecule has 1 heterocycles. The summed E-state index contributed by atoms with van der Waals surface area (Å²) >= 11 is 0. The molecule has 0 aromatic carbocycles. The van der Waals surface area contributed by atoms with Crippen LogP contribution in [0, 0.1) is 0 Å². The zero-order valence-corrected chi connectivity index (χ0v) is 9.62. The van der Waals surface area contributed by atoms with E-state index in [1.807, 2.05) is 20.8 Å². The molecule has 0 aromatic heterocycles. The number of hydrogen-bond acceptors (Lipinski definition) is 4. The molecule has 0 unspecified atom stereocenters. The van der Waals surface area contributed by atoms with Crippen LogP contribution in [0.2, 0.25) is 0 Å². The second kappa shape index (κ2) is 4.51. The van der Waals surface area contributed by atoms with Gasteiger partial charge in [0.05, 0.1) is 12.4 Å². The number of carbonyl (C=O) groups excluding carboxylic acids is 1. The van der Waals surface area contributed by atoms with Crippen molar-refractivity contribution in [3.8, 4) is 0 Å². The Morgan fingerprint density at radius 2 is 2.13 bits per heavy atom. The zero-order chi connectivity index (χ0) is 11.5. The van der Waals surface area contributed by atoms with Gasteiger partial charge in [-0.2, -0.15) is 0 Å². The first kappa shape index (κ1) is 11.8. The summed E-state index contributed by atoms with van der Waals surface area (Å²) in [6, 6.07) is 0. The molecular formula is C10H19N3O2. The van der Waals surface area contributed by atoms with E-state index < -0.39 is 5.60 Å². The van der Waals surface area contributed by atoms with Crippen molar-refractivity contribution in [3.63, 3.8) is 0 Å². The maximum atomic E-state index is 11.7. The molecule has 0 aliphatic carbocycles. The summed E-state index contributed by atoms with van der Waals surface area (Å²) in [7, 11) is 0. The van der Waals surface area contributed by atoms with Crippen LogP contribution in [0.5, 0.6) is 0 Å². The normalized spacial score (nSPS) is 18.1. The smallest absolute Gasteiger partial charge is 0.410 e. The summed E-state index contributed by atoms with van der Waals surface area (Å²) in [6.07, 6.45) is 0.339. The van der Waals surface area contributed by atoms with E-state index in [9.17, 15) is 4.79 Å². The summed E-state index contributed by atoms with van der Waals surface area (Å²) < 4.78 is 5.26. The number of aliphatic imine (C=N–C) groups is 1. The lowest BCUT2D eigenvalue weighted by Crippen LogP contribution is -2.38. The first-order chi connectivity index (χ1) is 6.88. The fourth-order valence-corrected chi connectivity index (χ4v) is 1.26. The predicted molar refractivity (Wildman–Crippen MR) is 58.9 cm³/mol. The molecule has 2 N–H and O–H groups in total. The van der Waals surface area contributed by atoms with E-state index in [4.69, 9.17) is 10.5 Å². The first-order valence-corrected chi connectivity index (χ1v) is 5.15. The number of carbonyl (C=O) groups is 1. The lowest BCUT2D eigenvalue weighted by Gasteiger charge is -2.26. The molecule has 0 saturated carbocycles. The van der Waals surface area contributed by atoms with Crippen molar-refractivity contribution < 1.29 is 9.53 Å². The van der Waals surface area contributed by atoms with Crippen molar-refractivity contribution in [2.75, 3.05) is 19.6 Å². The molecule has 1 rings (SSSR count). The molecule has 0 atom stereocenters. The van der Waals surface area contributed by atoms with Gasteiger partial charge in [0.1, 0.15) is 5.60 Å². The molecule has 1 aliphatic rings. The number of amidine groups is 1. The minimum absolute atomic E-state index is 0.285. The van der Waals surface area contributed by atoms with Crippen molar-refractivity contribution in [1.82, 2.24) is 4.90 Å². The van der Waals surface area contributed by atoms with Crippen LogP contribution in [0.4, 0.5) is 4.79 Å². The second-order valence-corrected chi connectivity index (χ2v) is 4.59. The Balaban J connectivity index is 2.48. The quantitative estimate of drug-likeness (QED) is 0.652. The molecular weight excluding hydrogens is 194 g/mol. The molecule has 0 aromatic rings. The Bertz CT molecular complexity index is 268. The molecule has 0 saturated heterocycles. The Labute approximate surface area is 90.3 Å². The van der Waals surface area contributed by atoms with Crippen LogP contribution < -0.4 is 5.73 Å². The third-order valence-corrected chi connectivity index (χ3v) is 1.97. The summed E-state index contributed by atoms with van der Waals surface area (Å²) in [5.74, 6) is 0.612. The average Bonchev–Trinajstić information content (AvgIpc) is 2.26. The van der Waals surface area contributed by atoms with Crippen molar-refractivity contribution in [2.45, 2.75) is 32.8 Å². The van der Waals surface area contributed by atoms with E-state index in [1.165, 1.54) is 0 Å².